The number of carbonyl (C=O) groups is 1. The average Bonchev–Trinajstić information content (AvgIpc) is 2.48. The summed E-state index contributed by atoms with van der Waals surface area (Å²) in [5.74, 6) is -0.767. The topological polar surface area (TPSA) is 58.6 Å². The van der Waals surface area contributed by atoms with Gasteiger partial charge >= 0.3 is 5.97 Å². The Hall–Kier alpha value is -0.610. The van der Waals surface area contributed by atoms with Crippen molar-refractivity contribution < 1.29 is 14.6 Å². The van der Waals surface area contributed by atoms with Crippen LogP contribution in [0.15, 0.2) is 0 Å². The van der Waals surface area contributed by atoms with Crippen LogP contribution in [0.3, 0.4) is 0 Å². The zero-order valence-electron chi connectivity index (χ0n) is 12.5. The van der Waals surface area contributed by atoms with Crippen molar-refractivity contribution in [3.05, 3.63) is 0 Å². The fourth-order valence-electron chi connectivity index (χ4n) is 3.46. The molecule has 2 unspecified atom stereocenters. The Bertz CT molecular complexity index is 289. The lowest BCUT2D eigenvalue weighted by molar-refractivity contribution is -0.143. The van der Waals surface area contributed by atoms with Crippen LogP contribution >= 0.6 is 0 Å². The summed E-state index contributed by atoms with van der Waals surface area (Å²) in [5.41, 5.74) is 0. The fraction of sp³-hybridized carbons (Fsp3) is 0.938. The third kappa shape index (κ3) is 5.41. The average molecular weight is 283 g/mol. The summed E-state index contributed by atoms with van der Waals surface area (Å²) in [6.45, 7) is 1.79. The van der Waals surface area contributed by atoms with Crippen molar-refractivity contribution in [3.8, 4) is 0 Å². The molecule has 0 spiro atoms. The van der Waals surface area contributed by atoms with Crippen LogP contribution < -0.4 is 5.32 Å². The summed E-state index contributed by atoms with van der Waals surface area (Å²) < 4.78 is 5.90. The quantitative estimate of drug-likeness (QED) is 0.705. The molecule has 2 rings (SSSR count). The minimum absolute atomic E-state index is 0.139. The molecule has 0 aliphatic heterocycles. The molecular weight excluding hydrogens is 254 g/mol. The van der Waals surface area contributed by atoms with Crippen LogP contribution in [0.1, 0.15) is 64.2 Å². The van der Waals surface area contributed by atoms with E-state index >= 15 is 0 Å². The van der Waals surface area contributed by atoms with Crippen LogP contribution in [0.4, 0.5) is 0 Å². The predicted octanol–water partition coefficient (Wildman–Crippen LogP) is 2.96. The lowest BCUT2D eigenvalue weighted by Crippen LogP contribution is -2.37. The maximum Gasteiger partial charge on any atom is 0.306 e. The van der Waals surface area contributed by atoms with Gasteiger partial charge in [-0.3, -0.25) is 4.79 Å². The molecule has 2 saturated carbocycles. The van der Waals surface area contributed by atoms with Gasteiger partial charge in [-0.2, -0.15) is 0 Å². The van der Waals surface area contributed by atoms with E-state index in [1.54, 1.807) is 0 Å². The third-order valence-electron chi connectivity index (χ3n) is 4.68. The first-order valence-corrected chi connectivity index (χ1v) is 8.33. The van der Waals surface area contributed by atoms with Crippen LogP contribution in [0, 0.1) is 5.92 Å². The van der Waals surface area contributed by atoms with Crippen LogP contribution in [-0.4, -0.2) is 36.4 Å². The SMILES string of the molecule is O=C(O)C1CCCC(NCCCOC2CCCCC2)C1. The highest BCUT2D eigenvalue weighted by Crippen LogP contribution is 2.24. The molecule has 0 aromatic heterocycles. The number of ether oxygens (including phenoxy) is 1. The number of carboxylic acids is 1. The number of aliphatic carboxylic acids is 1. The largest absolute Gasteiger partial charge is 0.481 e. The van der Waals surface area contributed by atoms with Crippen molar-refractivity contribution in [1.82, 2.24) is 5.32 Å². The van der Waals surface area contributed by atoms with E-state index < -0.39 is 5.97 Å². The minimum Gasteiger partial charge on any atom is -0.481 e. The van der Waals surface area contributed by atoms with Gasteiger partial charge in [0.15, 0.2) is 0 Å². The molecule has 0 aromatic carbocycles. The predicted molar refractivity (Wildman–Crippen MR) is 78.8 cm³/mol. The summed E-state index contributed by atoms with van der Waals surface area (Å²) in [5, 5.41) is 12.6. The number of hydrogen-bond acceptors (Lipinski definition) is 3. The Labute approximate surface area is 122 Å². The molecule has 0 bridgehead atoms. The van der Waals surface area contributed by atoms with Gasteiger partial charge in [-0.25, -0.2) is 0 Å². The van der Waals surface area contributed by atoms with Gasteiger partial charge in [0.05, 0.1) is 12.0 Å². The van der Waals surface area contributed by atoms with Gasteiger partial charge in [0.25, 0.3) is 0 Å². The zero-order chi connectivity index (χ0) is 14.2. The molecular formula is C16H29NO3. The highest BCUT2D eigenvalue weighted by molar-refractivity contribution is 5.70. The molecule has 4 nitrogen and oxygen atoms in total. The minimum atomic E-state index is -0.628. The molecule has 0 amide bonds. The lowest BCUT2D eigenvalue weighted by atomic mass is 9.86. The highest BCUT2D eigenvalue weighted by Gasteiger charge is 2.26. The number of carboxylic acid groups (broad SMARTS) is 1. The molecule has 0 saturated heterocycles. The summed E-state index contributed by atoms with van der Waals surface area (Å²) in [6, 6.07) is 0.388. The van der Waals surface area contributed by atoms with E-state index in [4.69, 9.17) is 9.84 Å². The summed E-state index contributed by atoms with van der Waals surface area (Å²) in [6.07, 6.45) is 11.8. The Morgan fingerprint density at radius 1 is 1.10 bits per heavy atom. The van der Waals surface area contributed by atoms with Gasteiger partial charge in [0, 0.05) is 12.6 Å². The number of hydrogen-bond donors (Lipinski definition) is 2. The van der Waals surface area contributed by atoms with E-state index in [-0.39, 0.29) is 5.92 Å². The first kappa shape index (κ1) is 15.8. The molecule has 0 radical (unpaired) electrons. The van der Waals surface area contributed by atoms with Gasteiger partial charge in [-0.15, -0.1) is 0 Å². The molecule has 2 aliphatic rings. The van der Waals surface area contributed by atoms with Gasteiger partial charge in [-0.1, -0.05) is 25.7 Å². The van der Waals surface area contributed by atoms with Crippen LogP contribution in [-0.2, 0) is 9.53 Å². The second-order valence-corrected chi connectivity index (χ2v) is 6.34. The smallest absolute Gasteiger partial charge is 0.306 e. The molecule has 4 heteroatoms. The molecule has 2 aliphatic carbocycles. The van der Waals surface area contributed by atoms with Gasteiger partial charge in [-0.05, 0) is 45.1 Å². The van der Waals surface area contributed by atoms with E-state index in [0.29, 0.717) is 12.1 Å². The van der Waals surface area contributed by atoms with Crippen molar-refractivity contribution in [3.63, 3.8) is 0 Å². The third-order valence-corrected chi connectivity index (χ3v) is 4.68. The Morgan fingerprint density at radius 3 is 2.65 bits per heavy atom. The van der Waals surface area contributed by atoms with E-state index in [0.717, 1.165) is 45.3 Å². The Kier molecular flexibility index (Phi) is 6.80. The van der Waals surface area contributed by atoms with Crippen LogP contribution in [0.25, 0.3) is 0 Å². The van der Waals surface area contributed by atoms with Crippen molar-refractivity contribution in [1.29, 1.82) is 0 Å². The molecule has 0 aromatic rings. The summed E-state index contributed by atoms with van der Waals surface area (Å²) >= 11 is 0. The Morgan fingerprint density at radius 2 is 1.90 bits per heavy atom. The molecule has 116 valence electrons. The van der Waals surface area contributed by atoms with Gasteiger partial charge < -0.3 is 15.2 Å². The van der Waals surface area contributed by atoms with E-state index in [9.17, 15) is 4.79 Å². The molecule has 0 heterocycles. The standard InChI is InChI=1S/C16H29NO3/c18-16(19)13-6-4-7-14(12-13)17-10-5-11-20-15-8-2-1-3-9-15/h13-15,17H,1-12H2,(H,18,19). The molecule has 2 atom stereocenters. The normalized spacial score (nSPS) is 28.4. The van der Waals surface area contributed by atoms with Crippen molar-refractivity contribution in [2.45, 2.75) is 76.4 Å². The maximum absolute atomic E-state index is 11.0. The molecule has 2 fully saturated rings. The summed E-state index contributed by atoms with van der Waals surface area (Å²) in [7, 11) is 0. The van der Waals surface area contributed by atoms with Crippen LogP contribution in [0.5, 0.6) is 0 Å². The fourth-order valence-corrected chi connectivity index (χ4v) is 3.46. The zero-order valence-corrected chi connectivity index (χ0v) is 12.5. The van der Waals surface area contributed by atoms with E-state index in [2.05, 4.69) is 5.32 Å². The maximum atomic E-state index is 11.0. The van der Waals surface area contributed by atoms with Crippen molar-refractivity contribution in [2.24, 2.45) is 5.92 Å². The summed E-state index contributed by atoms with van der Waals surface area (Å²) in [4.78, 5) is 11.0. The first-order chi connectivity index (χ1) is 9.75. The van der Waals surface area contributed by atoms with E-state index in [1.165, 1.54) is 32.1 Å². The number of rotatable bonds is 7. The van der Waals surface area contributed by atoms with Crippen LogP contribution in [0.2, 0.25) is 0 Å². The highest BCUT2D eigenvalue weighted by atomic mass is 16.5. The first-order valence-electron chi connectivity index (χ1n) is 8.33. The second kappa shape index (κ2) is 8.63. The number of nitrogens with one attached hydrogen (secondary N) is 1. The molecule has 20 heavy (non-hydrogen) atoms. The van der Waals surface area contributed by atoms with Crippen molar-refractivity contribution >= 4 is 5.97 Å². The van der Waals surface area contributed by atoms with Crippen molar-refractivity contribution in [2.75, 3.05) is 13.2 Å². The van der Waals surface area contributed by atoms with Gasteiger partial charge in [0.2, 0.25) is 0 Å². The second-order valence-electron chi connectivity index (χ2n) is 6.34. The van der Waals surface area contributed by atoms with E-state index in [1.807, 2.05) is 0 Å². The van der Waals surface area contributed by atoms with Gasteiger partial charge in [0.1, 0.15) is 0 Å². The molecule has 2 N–H and O–H groups in total. The monoisotopic (exact) mass is 283 g/mol. The Balaban J connectivity index is 1.51. The lowest BCUT2D eigenvalue weighted by Gasteiger charge is -2.27.